The van der Waals surface area contributed by atoms with Gasteiger partial charge in [0.1, 0.15) is 11.6 Å². The molecule has 0 aromatic heterocycles. The van der Waals surface area contributed by atoms with Crippen molar-refractivity contribution in [2.75, 3.05) is 6.54 Å². The van der Waals surface area contributed by atoms with Crippen molar-refractivity contribution in [3.05, 3.63) is 77.9 Å². The van der Waals surface area contributed by atoms with Gasteiger partial charge in [0.05, 0.1) is 11.4 Å². The lowest BCUT2D eigenvalue weighted by molar-refractivity contribution is 0.410. The minimum absolute atomic E-state index is 0.273. The van der Waals surface area contributed by atoms with E-state index in [1.807, 2.05) is 11.9 Å². The van der Waals surface area contributed by atoms with Gasteiger partial charge in [-0.3, -0.25) is 5.01 Å². The Labute approximate surface area is 142 Å². The van der Waals surface area contributed by atoms with Crippen LogP contribution in [0.1, 0.15) is 37.8 Å². The highest BCUT2D eigenvalue weighted by molar-refractivity contribution is 5.98. The zero-order valence-corrected chi connectivity index (χ0v) is 14.1. The Bertz CT molecular complexity index is 703. The number of halogens is 2. The molecule has 126 valence electrons. The van der Waals surface area contributed by atoms with E-state index in [4.69, 9.17) is 0 Å². The lowest BCUT2D eigenvalue weighted by Crippen LogP contribution is -2.19. The van der Waals surface area contributed by atoms with E-state index in [1.54, 1.807) is 24.3 Å². The second-order valence-corrected chi connectivity index (χ2v) is 5.62. The number of unbranched alkanes of at least 4 members (excludes halogenated alkanes) is 1. The molecular formula is C20H22F2N2. The Balaban J connectivity index is 2.26. The summed E-state index contributed by atoms with van der Waals surface area (Å²) >= 11 is 0. The molecular weight excluding hydrogens is 306 g/mol. The summed E-state index contributed by atoms with van der Waals surface area (Å²) < 4.78 is 26.2. The van der Waals surface area contributed by atoms with Gasteiger partial charge in [-0.2, -0.15) is 5.10 Å². The first-order valence-corrected chi connectivity index (χ1v) is 8.04. The highest BCUT2D eigenvalue weighted by Crippen LogP contribution is 2.20. The molecule has 0 aliphatic carbocycles. The molecule has 0 saturated heterocycles. The third kappa shape index (κ3) is 4.75. The first-order chi connectivity index (χ1) is 11.5. The van der Waals surface area contributed by atoms with Crippen molar-refractivity contribution in [3.63, 3.8) is 0 Å². The van der Waals surface area contributed by atoms with E-state index in [0.29, 0.717) is 12.2 Å². The number of nitrogens with zero attached hydrogens (tertiary/aromatic N) is 2. The molecule has 0 bridgehead atoms. The maximum absolute atomic E-state index is 13.1. The third-order valence-corrected chi connectivity index (χ3v) is 3.75. The molecule has 0 saturated carbocycles. The molecule has 0 amide bonds. The van der Waals surface area contributed by atoms with E-state index in [-0.39, 0.29) is 11.6 Å². The molecule has 0 fully saturated rings. The van der Waals surface area contributed by atoms with Gasteiger partial charge in [0.25, 0.3) is 0 Å². The Kier molecular flexibility index (Phi) is 6.24. The lowest BCUT2D eigenvalue weighted by atomic mass is 10.1. The summed E-state index contributed by atoms with van der Waals surface area (Å²) in [7, 11) is 0. The average molecular weight is 328 g/mol. The minimum Gasteiger partial charge on any atom is -0.265 e. The number of hydrazone groups is 1. The molecule has 2 nitrogen and oxygen atoms in total. The Morgan fingerprint density at radius 1 is 0.958 bits per heavy atom. The van der Waals surface area contributed by atoms with Crippen molar-refractivity contribution < 1.29 is 8.78 Å². The fraction of sp³-hybridized carbons (Fsp3) is 0.250. The average Bonchev–Trinajstić information content (AvgIpc) is 2.59. The summed E-state index contributed by atoms with van der Waals surface area (Å²) in [6.45, 7) is 8.80. The molecule has 2 aromatic carbocycles. The second kappa shape index (κ2) is 8.39. The molecule has 24 heavy (non-hydrogen) atoms. The van der Waals surface area contributed by atoms with Crippen molar-refractivity contribution in [2.24, 2.45) is 5.10 Å². The highest BCUT2D eigenvalue weighted by Gasteiger charge is 2.10. The van der Waals surface area contributed by atoms with Gasteiger partial charge >= 0.3 is 0 Å². The molecule has 0 aliphatic rings. The predicted molar refractivity (Wildman–Crippen MR) is 95.7 cm³/mol. The second-order valence-electron chi connectivity index (χ2n) is 5.62. The van der Waals surface area contributed by atoms with Crippen LogP contribution in [0, 0.1) is 11.6 Å². The Hall–Kier alpha value is -2.49. The van der Waals surface area contributed by atoms with E-state index in [1.165, 1.54) is 24.3 Å². The maximum atomic E-state index is 13.1. The third-order valence-electron chi connectivity index (χ3n) is 3.75. The number of benzene rings is 2. The van der Waals surface area contributed by atoms with Crippen molar-refractivity contribution in [3.8, 4) is 0 Å². The molecule has 0 radical (unpaired) electrons. The van der Waals surface area contributed by atoms with Gasteiger partial charge in [-0.1, -0.05) is 32.1 Å². The first kappa shape index (κ1) is 17.9. The first-order valence-electron chi connectivity index (χ1n) is 8.04. The standard InChI is InChI=1S/C20H22F2N2/c1-4-5-14-24(16(3)18-8-12-20(22)13-9-18)23-15(2)17-6-10-19(21)11-7-17/h6-13H,3-5,14H2,1-2H3/b23-15+. The fourth-order valence-electron chi connectivity index (χ4n) is 2.27. The largest absolute Gasteiger partial charge is 0.265 e. The van der Waals surface area contributed by atoms with Gasteiger partial charge in [-0.05, 0) is 60.9 Å². The van der Waals surface area contributed by atoms with Gasteiger partial charge in [0, 0.05) is 6.54 Å². The van der Waals surface area contributed by atoms with Crippen LogP contribution < -0.4 is 0 Å². The van der Waals surface area contributed by atoms with Gasteiger partial charge in [-0.15, -0.1) is 0 Å². The van der Waals surface area contributed by atoms with Crippen LogP contribution >= 0.6 is 0 Å². The van der Waals surface area contributed by atoms with Crippen LogP contribution in [0.25, 0.3) is 5.70 Å². The van der Waals surface area contributed by atoms with Gasteiger partial charge < -0.3 is 0 Å². The summed E-state index contributed by atoms with van der Waals surface area (Å²) in [5.74, 6) is -0.553. The van der Waals surface area contributed by atoms with Crippen LogP contribution in [0.4, 0.5) is 8.78 Å². The van der Waals surface area contributed by atoms with Gasteiger partial charge in [-0.25, -0.2) is 8.78 Å². The monoisotopic (exact) mass is 328 g/mol. The number of hydrogen-bond donors (Lipinski definition) is 0. The summed E-state index contributed by atoms with van der Waals surface area (Å²) in [5, 5.41) is 6.48. The van der Waals surface area contributed by atoms with Crippen molar-refractivity contribution in [2.45, 2.75) is 26.7 Å². The molecule has 0 N–H and O–H groups in total. The number of rotatable bonds is 7. The van der Waals surface area contributed by atoms with Crippen molar-refractivity contribution >= 4 is 11.4 Å². The highest BCUT2D eigenvalue weighted by atomic mass is 19.1. The van der Waals surface area contributed by atoms with E-state index < -0.39 is 0 Å². The normalized spacial score (nSPS) is 11.4. The summed E-state index contributed by atoms with van der Waals surface area (Å²) in [6, 6.07) is 12.4. The van der Waals surface area contributed by atoms with E-state index >= 15 is 0 Å². The van der Waals surface area contributed by atoms with E-state index in [0.717, 1.165) is 29.7 Å². The predicted octanol–water partition coefficient (Wildman–Crippen LogP) is 5.46. The van der Waals surface area contributed by atoms with Crippen LogP contribution in [0.15, 0.2) is 60.2 Å². The molecule has 0 aliphatic heterocycles. The Morgan fingerprint density at radius 2 is 1.46 bits per heavy atom. The molecule has 0 spiro atoms. The molecule has 2 aromatic rings. The minimum atomic E-state index is -0.280. The molecule has 0 unspecified atom stereocenters. The van der Waals surface area contributed by atoms with Crippen LogP contribution in [0.5, 0.6) is 0 Å². The zero-order valence-electron chi connectivity index (χ0n) is 14.1. The summed E-state index contributed by atoms with van der Waals surface area (Å²) in [6.07, 6.45) is 1.98. The lowest BCUT2D eigenvalue weighted by Gasteiger charge is -2.22. The van der Waals surface area contributed by atoms with Crippen LogP contribution in [0.2, 0.25) is 0 Å². The summed E-state index contributed by atoms with van der Waals surface area (Å²) in [4.78, 5) is 0. The van der Waals surface area contributed by atoms with Crippen LogP contribution in [0.3, 0.4) is 0 Å². The molecule has 0 atom stereocenters. The summed E-state index contributed by atoms with van der Waals surface area (Å²) in [5.41, 5.74) is 3.16. The maximum Gasteiger partial charge on any atom is 0.123 e. The molecule has 2 rings (SSSR count). The van der Waals surface area contributed by atoms with Gasteiger partial charge in [0.2, 0.25) is 0 Å². The smallest absolute Gasteiger partial charge is 0.123 e. The fourth-order valence-corrected chi connectivity index (χ4v) is 2.27. The van der Waals surface area contributed by atoms with Crippen LogP contribution in [-0.2, 0) is 0 Å². The molecule has 4 heteroatoms. The van der Waals surface area contributed by atoms with E-state index in [9.17, 15) is 8.78 Å². The topological polar surface area (TPSA) is 15.6 Å². The zero-order chi connectivity index (χ0) is 17.5. The number of hydrogen-bond acceptors (Lipinski definition) is 2. The SMILES string of the molecule is C=C(c1ccc(F)cc1)N(CCCC)/N=C(\C)c1ccc(F)cc1. The van der Waals surface area contributed by atoms with E-state index in [2.05, 4.69) is 18.6 Å². The Morgan fingerprint density at radius 3 is 1.96 bits per heavy atom. The molecule has 0 heterocycles. The van der Waals surface area contributed by atoms with Gasteiger partial charge in [0.15, 0.2) is 0 Å². The van der Waals surface area contributed by atoms with Crippen molar-refractivity contribution in [1.82, 2.24) is 5.01 Å². The van der Waals surface area contributed by atoms with Crippen molar-refractivity contribution in [1.29, 1.82) is 0 Å². The quantitative estimate of drug-likeness (QED) is 0.486. The van der Waals surface area contributed by atoms with Crippen LogP contribution in [-0.4, -0.2) is 17.3 Å².